The summed E-state index contributed by atoms with van der Waals surface area (Å²) in [6.45, 7) is 2.93. The summed E-state index contributed by atoms with van der Waals surface area (Å²) in [5.41, 5.74) is 2.30. The molecule has 20 heavy (non-hydrogen) atoms. The van der Waals surface area contributed by atoms with Crippen LogP contribution in [0.3, 0.4) is 0 Å². The second-order valence-corrected chi connectivity index (χ2v) is 4.99. The number of benzene rings is 2. The predicted octanol–water partition coefficient (Wildman–Crippen LogP) is 4.03. The summed E-state index contributed by atoms with van der Waals surface area (Å²) in [7, 11) is 3.73. The Morgan fingerprint density at radius 2 is 1.85 bits per heavy atom. The van der Waals surface area contributed by atoms with Gasteiger partial charge in [-0.15, -0.1) is 0 Å². The molecule has 0 amide bonds. The fourth-order valence-electron chi connectivity index (χ4n) is 2.19. The number of halogens is 1. The molecular weight excluding hydrogens is 253 g/mol. The van der Waals surface area contributed by atoms with Crippen LogP contribution in [0.4, 0.5) is 4.39 Å². The average molecular weight is 273 g/mol. The van der Waals surface area contributed by atoms with E-state index in [4.69, 9.17) is 4.74 Å². The highest BCUT2D eigenvalue weighted by atomic mass is 19.1. The summed E-state index contributed by atoms with van der Waals surface area (Å²) < 4.78 is 18.2. The average Bonchev–Trinajstić information content (AvgIpc) is 2.47. The van der Waals surface area contributed by atoms with Gasteiger partial charge in [0.25, 0.3) is 0 Å². The Balaban J connectivity index is 2.06. The lowest BCUT2D eigenvalue weighted by Crippen LogP contribution is -2.21. The number of ether oxygens (including phenoxy) is 1. The van der Waals surface area contributed by atoms with Crippen molar-refractivity contribution in [2.24, 2.45) is 0 Å². The molecule has 2 rings (SSSR count). The normalized spacial score (nSPS) is 12.4. The molecule has 0 radical (unpaired) electrons. The molecule has 1 atom stereocenters. The number of rotatable bonds is 5. The lowest BCUT2D eigenvalue weighted by Gasteiger charge is -2.25. The van der Waals surface area contributed by atoms with Crippen LogP contribution in [-0.2, 0) is 6.54 Å². The van der Waals surface area contributed by atoms with Gasteiger partial charge >= 0.3 is 0 Å². The summed E-state index contributed by atoms with van der Waals surface area (Å²) >= 11 is 0. The van der Waals surface area contributed by atoms with Gasteiger partial charge in [-0.25, -0.2) is 4.39 Å². The van der Waals surface area contributed by atoms with Gasteiger partial charge in [-0.05, 0) is 49.4 Å². The van der Waals surface area contributed by atoms with E-state index in [-0.39, 0.29) is 11.9 Å². The highest BCUT2D eigenvalue weighted by molar-refractivity contribution is 5.28. The van der Waals surface area contributed by atoms with Gasteiger partial charge in [0.2, 0.25) is 0 Å². The van der Waals surface area contributed by atoms with E-state index in [0.29, 0.717) is 0 Å². The van der Waals surface area contributed by atoms with Gasteiger partial charge in [-0.2, -0.15) is 0 Å². The number of hydrogen-bond donors (Lipinski definition) is 0. The fraction of sp³-hybridized carbons (Fsp3) is 0.294. The molecule has 2 nitrogen and oxygen atoms in total. The third-order valence-corrected chi connectivity index (χ3v) is 3.58. The lowest BCUT2D eigenvalue weighted by atomic mass is 10.1. The summed E-state index contributed by atoms with van der Waals surface area (Å²) in [5, 5.41) is 0. The summed E-state index contributed by atoms with van der Waals surface area (Å²) in [6.07, 6.45) is 0. The van der Waals surface area contributed by atoms with E-state index in [0.717, 1.165) is 17.9 Å². The van der Waals surface area contributed by atoms with E-state index in [1.54, 1.807) is 7.11 Å². The Labute approximate surface area is 119 Å². The first-order chi connectivity index (χ1) is 9.60. The van der Waals surface area contributed by atoms with Crippen LogP contribution >= 0.6 is 0 Å². The molecule has 0 aliphatic heterocycles. The lowest BCUT2D eigenvalue weighted by molar-refractivity contribution is 0.252. The monoisotopic (exact) mass is 273 g/mol. The van der Waals surface area contributed by atoms with Crippen LogP contribution in [0.15, 0.2) is 48.5 Å². The zero-order chi connectivity index (χ0) is 14.5. The van der Waals surface area contributed by atoms with Gasteiger partial charge < -0.3 is 4.74 Å². The molecule has 0 saturated heterocycles. The van der Waals surface area contributed by atoms with Crippen molar-refractivity contribution in [3.05, 3.63) is 65.5 Å². The van der Waals surface area contributed by atoms with Crippen molar-refractivity contribution in [3.63, 3.8) is 0 Å². The topological polar surface area (TPSA) is 12.5 Å². The predicted molar refractivity (Wildman–Crippen MR) is 79.3 cm³/mol. The van der Waals surface area contributed by atoms with Gasteiger partial charge in [-0.1, -0.05) is 24.3 Å². The molecule has 0 saturated carbocycles. The van der Waals surface area contributed by atoms with Crippen LogP contribution in [0.25, 0.3) is 0 Å². The SMILES string of the molecule is COc1cccc(CN(C)C(C)c2ccc(F)cc2)c1. The highest BCUT2D eigenvalue weighted by Gasteiger charge is 2.12. The molecule has 0 heterocycles. The van der Waals surface area contributed by atoms with Gasteiger partial charge in [-0.3, -0.25) is 4.90 Å². The van der Waals surface area contributed by atoms with Crippen molar-refractivity contribution in [2.45, 2.75) is 19.5 Å². The molecule has 0 aromatic heterocycles. The Morgan fingerprint density at radius 3 is 2.50 bits per heavy atom. The maximum atomic E-state index is 13.0. The Kier molecular flexibility index (Phi) is 4.74. The first-order valence-corrected chi connectivity index (χ1v) is 6.69. The second kappa shape index (κ2) is 6.53. The number of methoxy groups -OCH3 is 1. The number of hydrogen-bond acceptors (Lipinski definition) is 2. The van der Waals surface area contributed by atoms with Crippen molar-refractivity contribution < 1.29 is 9.13 Å². The van der Waals surface area contributed by atoms with Crippen LogP contribution in [0.5, 0.6) is 5.75 Å². The second-order valence-electron chi connectivity index (χ2n) is 4.99. The maximum Gasteiger partial charge on any atom is 0.123 e. The minimum Gasteiger partial charge on any atom is -0.497 e. The quantitative estimate of drug-likeness (QED) is 0.815. The summed E-state index contributed by atoms with van der Waals surface area (Å²) in [6, 6.07) is 14.9. The fourth-order valence-corrected chi connectivity index (χ4v) is 2.19. The Bertz CT molecular complexity index is 553. The standard InChI is InChI=1S/C17H20FNO/c1-13(15-7-9-16(18)10-8-15)19(2)12-14-5-4-6-17(11-14)20-3/h4-11,13H,12H2,1-3H3. The van der Waals surface area contributed by atoms with Crippen LogP contribution in [0.1, 0.15) is 24.1 Å². The summed E-state index contributed by atoms with van der Waals surface area (Å²) in [5.74, 6) is 0.668. The maximum absolute atomic E-state index is 13.0. The van der Waals surface area contributed by atoms with Crippen LogP contribution in [-0.4, -0.2) is 19.1 Å². The molecule has 2 aromatic carbocycles. The van der Waals surface area contributed by atoms with Crippen molar-refractivity contribution in [1.82, 2.24) is 4.90 Å². The Morgan fingerprint density at radius 1 is 1.15 bits per heavy atom. The van der Waals surface area contributed by atoms with E-state index in [1.165, 1.54) is 17.7 Å². The van der Waals surface area contributed by atoms with Crippen molar-refractivity contribution in [1.29, 1.82) is 0 Å². The smallest absolute Gasteiger partial charge is 0.123 e. The molecule has 2 aromatic rings. The third-order valence-electron chi connectivity index (χ3n) is 3.58. The third kappa shape index (κ3) is 3.58. The van der Waals surface area contributed by atoms with E-state index in [1.807, 2.05) is 30.3 Å². The van der Waals surface area contributed by atoms with Gasteiger partial charge in [0.05, 0.1) is 7.11 Å². The largest absolute Gasteiger partial charge is 0.497 e. The van der Waals surface area contributed by atoms with Crippen LogP contribution in [0, 0.1) is 5.82 Å². The molecule has 0 spiro atoms. The highest BCUT2D eigenvalue weighted by Crippen LogP contribution is 2.22. The van der Waals surface area contributed by atoms with Crippen molar-refractivity contribution in [3.8, 4) is 5.75 Å². The van der Waals surface area contributed by atoms with Gasteiger partial charge in [0, 0.05) is 12.6 Å². The molecule has 3 heteroatoms. The molecule has 0 aliphatic rings. The zero-order valence-corrected chi connectivity index (χ0v) is 12.1. The van der Waals surface area contributed by atoms with Gasteiger partial charge in [0.15, 0.2) is 0 Å². The van der Waals surface area contributed by atoms with E-state index < -0.39 is 0 Å². The Hall–Kier alpha value is -1.87. The molecule has 1 unspecified atom stereocenters. The van der Waals surface area contributed by atoms with Crippen molar-refractivity contribution in [2.75, 3.05) is 14.2 Å². The van der Waals surface area contributed by atoms with Gasteiger partial charge in [0.1, 0.15) is 11.6 Å². The minimum absolute atomic E-state index is 0.198. The molecular formula is C17H20FNO. The molecule has 0 bridgehead atoms. The molecule has 106 valence electrons. The molecule has 0 aliphatic carbocycles. The first-order valence-electron chi connectivity index (χ1n) is 6.69. The summed E-state index contributed by atoms with van der Waals surface area (Å²) in [4.78, 5) is 2.22. The minimum atomic E-state index is -0.198. The van der Waals surface area contributed by atoms with E-state index in [9.17, 15) is 4.39 Å². The van der Waals surface area contributed by atoms with E-state index in [2.05, 4.69) is 24.9 Å². The van der Waals surface area contributed by atoms with Crippen LogP contribution in [0.2, 0.25) is 0 Å². The molecule has 0 fully saturated rings. The van der Waals surface area contributed by atoms with E-state index >= 15 is 0 Å². The van der Waals surface area contributed by atoms with Crippen molar-refractivity contribution >= 4 is 0 Å². The zero-order valence-electron chi connectivity index (χ0n) is 12.1. The number of nitrogens with zero attached hydrogens (tertiary/aromatic N) is 1. The first kappa shape index (κ1) is 14.5. The van der Waals surface area contributed by atoms with Crippen LogP contribution < -0.4 is 4.74 Å². The molecule has 0 N–H and O–H groups in total.